The lowest BCUT2D eigenvalue weighted by atomic mass is 10.0. The van der Waals surface area contributed by atoms with Crippen LogP contribution in [0.25, 0.3) is 0 Å². The van der Waals surface area contributed by atoms with Crippen molar-refractivity contribution in [3.63, 3.8) is 0 Å². The minimum Gasteiger partial charge on any atom is -0.338 e. The van der Waals surface area contributed by atoms with Crippen molar-refractivity contribution in [1.82, 2.24) is 4.90 Å². The molecule has 0 radical (unpaired) electrons. The molecule has 2 atom stereocenters. The number of rotatable bonds is 2. The van der Waals surface area contributed by atoms with Crippen LogP contribution in [0.5, 0.6) is 0 Å². The van der Waals surface area contributed by atoms with Gasteiger partial charge in [0.1, 0.15) is 0 Å². The number of carbonyl (C=O) groups is 1. The minimum absolute atomic E-state index is 0. The zero-order valence-electron chi connectivity index (χ0n) is 11.2. The Kier molecular flexibility index (Phi) is 5.65. The summed E-state index contributed by atoms with van der Waals surface area (Å²) in [5.41, 5.74) is 7.57. The molecule has 3 nitrogen and oxygen atoms in total. The lowest BCUT2D eigenvalue weighted by Crippen LogP contribution is -2.33. The van der Waals surface area contributed by atoms with Gasteiger partial charge in [-0.05, 0) is 49.9 Å². The average Bonchev–Trinajstić information content (AvgIpc) is 2.75. The van der Waals surface area contributed by atoms with Crippen LogP contribution in [0.3, 0.4) is 0 Å². The Balaban J connectivity index is 0.00000180. The summed E-state index contributed by atoms with van der Waals surface area (Å²) in [5, 5.41) is 0.612. The Morgan fingerprint density at radius 3 is 2.68 bits per heavy atom. The van der Waals surface area contributed by atoms with Gasteiger partial charge >= 0.3 is 0 Å². The number of hydrogen-bond acceptors (Lipinski definition) is 2. The highest BCUT2D eigenvalue weighted by atomic mass is 35.5. The zero-order chi connectivity index (χ0) is 13.3. The van der Waals surface area contributed by atoms with Gasteiger partial charge in [-0.25, -0.2) is 0 Å². The number of aryl methyl sites for hydroxylation is 1. The normalized spacial score (nSPS) is 20.0. The number of carbonyl (C=O) groups excluding carboxylic acids is 1. The van der Waals surface area contributed by atoms with E-state index in [9.17, 15) is 4.79 Å². The molecule has 1 heterocycles. The fourth-order valence-corrected chi connectivity index (χ4v) is 2.73. The molecule has 1 fully saturated rings. The van der Waals surface area contributed by atoms with Crippen LogP contribution >= 0.6 is 24.0 Å². The minimum atomic E-state index is 0. The predicted octanol–water partition coefficient (Wildman–Crippen LogP) is 2.88. The number of amides is 1. The maximum absolute atomic E-state index is 12.3. The Morgan fingerprint density at radius 1 is 1.47 bits per heavy atom. The Hall–Kier alpha value is -0.770. The molecule has 0 bridgehead atoms. The highest BCUT2D eigenvalue weighted by Crippen LogP contribution is 2.22. The fraction of sp³-hybridized carbons (Fsp3) is 0.500. The predicted molar refractivity (Wildman–Crippen MR) is 81.1 cm³/mol. The van der Waals surface area contributed by atoms with Crippen molar-refractivity contribution in [2.75, 3.05) is 13.1 Å². The van der Waals surface area contributed by atoms with E-state index < -0.39 is 0 Å². The number of halogens is 2. The summed E-state index contributed by atoms with van der Waals surface area (Å²) < 4.78 is 0. The van der Waals surface area contributed by atoms with Crippen molar-refractivity contribution in [3.8, 4) is 0 Å². The van der Waals surface area contributed by atoms with Gasteiger partial charge in [0, 0.05) is 29.7 Å². The van der Waals surface area contributed by atoms with E-state index in [0.717, 1.165) is 25.1 Å². The van der Waals surface area contributed by atoms with Crippen molar-refractivity contribution in [2.24, 2.45) is 11.7 Å². The lowest BCUT2D eigenvalue weighted by Gasteiger charge is -2.18. The molecule has 1 aromatic rings. The van der Waals surface area contributed by atoms with E-state index in [1.54, 1.807) is 6.07 Å². The summed E-state index contributed by atoms with van der Waals surface area (Å²) in [6.45, 7) is 5.48. The van der Waals surface area contributed by atoms with Crippen LogP contribution < -0.4 is 5.73 Å². The van der Waals surface area contributed by atoms with E-state index in [0.29, 0.717) is 16.5 Å². The molecule has 1 aliphatic rings. The summed E-state index contributed by atoms with van der Waals surface area (Å²) in [6.07, 6.45) is 0.989. The maximum atomic E-state index is 12.3. The van der Waals surface area contributed by atoms with Gasteiger partial charge in [-0.15, -0.1) is 12.4 Å². The molecule has 0 aliphatic carbocycles. The van der Waals surface area contributed by atoms with Gasteiger partial charge in [0.2, 0.25) is 0 Å². The fourth-order valence-electron chi connectivity index (χ4n) is 2.44. The molecule has 1 aliphatic heterocycles. The van der Waals surface area contributed by atoms with E-state index in [-0.39, 0.29) is 24.4 Å². The van der Waals surface area contributed by atoms with E-state index in [2.05, 4.69) is 0 Å². The second-order valence-corrected chi connectivity index (χ2v) is 5.61. The van der Waals surface area contributed by atoms with Crippen LogP contribution in [0.2, 0.25) is 5.02 Å². The molecule has 1 aromatic carbocycles. The van der Waals surface area contributed by atoms with Crippen LogP contribution in [0, 0.1) is 12.8 Å². The molecular weight excluding hydrogens is 283 g/mol. The topological polar surface area (TPSA) is 46.3 Å². The SMILES string of the molecule is Cc1cc(Cl)cc(C(=O)N2CCC(C(C)N)C2)c1.Cl. The van der Waals surface area contributed by atoms with Crippen molar-refractivity contribution >= 4 is 29.9 Å². The zero-order valence-corrected chi connectivity index (χ0v) is 12.8. The second kappa shape index (κ2) is 6.60. The standard InChI is InChI=1S/C14H19ClN2O.ClH/c1-9-5-12(7-13(15)6-9)14(18)17-4-3-11(8-17)10(2)16;/h5-7,10-11H,3-4,8,16H2,1-2H3;1H. The van der Waals surface area contributed by atoms with E-state index in [1.807, 2.05) is 30.9 Å². The second-order valence-electron chi connectivity index (χ2n) is 5.18. The summed E-state index contributed by atoms with van der Waals surface area (Å²) in [5.74, 6) is 0.470. The first kappa shape index (κ1) is 16.3. The largest absolute Gasteiger partial charge is 0.338 e. The van der Waals surface area contributed by atoms with Crippen molar-refractivity contribution in [3.05, 3.63) is 34.3 Å². The van der Waals surface area contributed by atoms with Crippen LogP contribution in [0.1, 0.15) is 29.3 Å². The monoisotopic (exact) mass is 302 g/mol. The molecule has 2 rings (SSSR count). The quantitative estimate of drug-likeness (QED) is 0.913. The van der Waals surface area contributed by atoms with Gasteiger partial charge in [-0.2, -0.15) is 0 Å². The van der Waals surface area contributed by atoms with Crippen LogP contribution in [-0.4, -0.2) is 29.9 Å². The maximum Gasteiger partial charge on any atom is 0.253 e. The van der Waals surface area contributed by atoms with Gasteiger partial charge in [-0.3, -0.25) is 4.79 Å². The first-order chi connectivity index (χ1) is 8.47. The summed E-state index contributed by atoms with van der Waals surface area (Å²) in [4.78, 5) is 14.2. The summed E-state index contributed by atoms with van der Waals surface area (Å²) >= 11 is 5.99. The summed E-state index contributed by atoms with van der Waals surface area (Å²) in [6, 6.07) is 5.61. The third kappa shape index (κ3) is 3.85. The van der Waals surface area contributed by atoms with E-state index >= 15 is 0 Å². The van der Waals surface area contributed by atoms with E-state index in [4.69, 9.17) is 17.3 Å². The van der Waals surface area contributed by atoms with Gasteiger partial charge in [0.25, 0.3) is 5.91 Å². The molecule has 2 N–H and O–H groups in total. The molecule has 0 saturated carbocycles. The Bertz CT molecular complexity index is 443. The number of nitrogens with zero attached hydrogens (tertiary/aromatic N) is 1. The number of benzene rings is 1. The van der Waals surface area contributed by atoms with Crippen LogP contribution in [0.15, 0.2) is 18.2 Å². The Morgan fingerprint density at radius 2 is 2.16 bits per heavy atom. The molecule has 0 spiro atoms. The average molecular weight is 303 g/mol. The third-order valence-corrected chi connectivity index (χ3v) is 3.76. The highest BCUT2D eigenvalue weighted by Gasteiger charge is 2.29. The Labute approximate surface area is 125 Å². The smallest absolute Gasteiger partial charge is 0.253 e. The van der Waals surface area contributed by atoms with E-state index in [1.165, 1.54) is 0 Å². The van der Waals surface area contributed by atoms with Gasteiger partial charge in [0.15, 0.2) is 0 Å². The molecule has 5 heteroatoms. The van der Waals surface area contributed by atoms with Crippen molar-refractivity contribution < 1.29 is 4.79 Å². The third-order valence-electron chi connectivity index (χ3n) is 3.54. The number of hydrogen-bond donors (Lipinski definition) is 1. The van der Waals surface area contributed by atoms with Crippen molar-refractivity contribution in [2.45, 2.75) is 26.3 Å². The first-order valence-corrected chi connectivity index (χ1v) is 6.67. The summed E-state index contributed by atoms with van der Waals surface area (Å²) in [7, 11) is 0. The molecule has 2 unspecified atom stereocenters. The number of likely N-dealkylation sites (tertiary alicyclic amines) is 1. The van der Waals surface area contributed by atoms with Gasteiger partial charge in [0.05, 0.1) is 0 Å². The number of nitrogens with two attached hydrogens (primary N) is 1. The van der Waals surface area contributed by atoms with Gasteiger partial charge in [-0.1, -0.05) is 11.6 Å². The molecule has 1 amide bonds. The molecule has 19 heavy (non-hydrogen) atoms. The highest BCUT2D eigenvalue weighted by molar-refractivity contribution is 6.31. The molecular formula is C14H20Cl2N2O. The molecule has 106 valence electrons. The van der Waals surface area contributed by atoms with Crippen LogP contribution in [0.4, 0.5) is 0 Å². The first-order valence-electron chi connectivity index (χ1n) is 6.29. The van der Waals surface area contributed by atoms with Crippen molar-refractivity contribution in [1.29, 1.82) is 0 Å². The van der Waals surface area contributed by atoms with Crippen LogP contribution in [-0.2, 0) is 0 Å². The molecule has 1 saturated heterocycles. The lowest BCUT2D eigenvalue weighted by molar-refractivity contribution is 0.0786. The molecule has 0 aromatic heterocycles. The van der Waals surface area contributed by atoms with Gasteiger partial charge < -0.3 is 10.6 Å².